The minimum absolute atomic E-state index is 0.0731. The number of rotatable bonds is 2. The number of halogens is 2. The van der Waals surface area contributed by atoms with Crippen molar-refractivity contribution in [3.8, 4) is 0 Å². The molecule has 96 valence electrons. The number of carbonyl (C=O) groups is 3. The summed E-state index contributed by atoms with van der Waals surface area (Å²) in [5, 5.41) is 0. The Morgan fingerprint density at radius 2 is 1.61 bits per heavy atom. The lowest BCUT2D eigenvalue weighted by Crippen LogP contribution is -2.33. The minimum atomic E-state index is -0.587. The van der Waals surface area contributed by atoms with E-state index in [9.17, 15) is 14.4 Å². The summed E-state index contributed by atoms with van der Waals surface area (Å²) in [6.07, 6.45) is 1.41. The molecule has 0 N–H and O–H groups in total. The van der Waals surface area contributed by atoms with Crippen molar-refractivity contribution in [2.24, 2.45) is 23.7 Å². The summed E-state index contributed by atoms with van der Waals surface area (Å²) >= 11 is 6.62. The van der Waals surface area contributed by atoms with Crippen molar-refractivity contribution < 1.29 is 19.1 Å². The van der Waals surface area contributed by atoms with Crippen molar-refractivity contribution in [3.63, 3.8) is 0 Å². The molecule has 0 aromatic carbocycles. The average Bonchev–Trinajstić information content (AvgIpc) is 2.90. The van der Waals surface area contributed by atoms with Gasteiger partial charge in [-0.25, -0.2) is 0 Å². The molecular weight excluding hydrogens is 368 g/mol. The van der Waals surface area contributed by atoms with E-state index in [1.807, 2.05) is 0 Å². The van der Waals surface area contributed by atoms with Crippen molar-refractivity contribution in [3.05, 3.63) is 8.96 Å². The zero-order valence-electron chi connectivity index (χ0n) is 9.21. The lowest BCUT2D eigenvalue weighted by molar-refractivity contribution is -0.129. The topological polar surface area (TPSA) is 60.4 Å². The third kappa shape index (κ3) is 1.48. The predicted octanol–water partition coefficient (Wildman–Crippen LogP) is 1.60. The predicted molar refractivity (Wildman–Crippen MR) is 69.3 cm³/mol. The van der Waals surface area contributed by atoms with Crippen LogP contribution in [0.4, 0.5) is 0 Å². The highest BCUT2D eigenvalue weighted by atomic mass is 79.9. The summed E-state index contributed by atoms with van der Waals surface area (Å²) in [5.41, 5.74) is 0. The van der Waals surface area contributed by atoms with Gasteiger partial charge in [-0.1, -0.05) is 15.9 Å². The van der Waals surface area contributed by atoms with Crippen molar-refractivity contribution in [2.75, 3.05) is 0 Å². The molecule has 2 bridgehead atoms. The summed E-state index contributed by atoms with van der Waals surface area (Å²) in [6.45, 7) is 0. The fourth-order valence-corrected chi connectivity index (χ4v) is 4.58. The number of Topliss-reactive ketones (excluding diaryl/α,β-unsaturated/α-hetero) is 1. The van der Waals surface area contributed by atoms with E-state index in [-0.39, 0.29) is 35.6 Å². The number of carbonyl (C=O) groups excluding carboxylic acids is 3. The normalized spacial score (nSPS) is 46.2. The molecule has 2 fully saturated rings. The molecule has 3 rings (SSSR count). The smallest absolute Gasteiger partial charge is 0.199 e. The van der Waals surface area contributed by atoms with Gasteiger partial charge < -0.3 is 14.3 Å². The molecule has 0 aromatic rings. The van der Waals surface area contributed by atoms with Crippen LogP contribution in [0.5, 0.6) is 0 Å². The van der Waals surface area contributed by atoms with Crippen molar-refractivity contribution in [1.29, 1.82) is 0 Å². The molecule has 0 unspecified atom stereocenters. The summed E-state index contributed by atoms with van der Waals surface area (Å²) in [6, 6.07) is 0. The van der Waals surface area contributed by atoms with Gasteiger partial charge in [0.2, 0.25) is 0 Å². The van der Waals surface area contributed by atoms with Crippen LogP contribution in [0.3, 0.4) is 0 Å². The number of aldehydes is 2. The van der Waals surface area contributed by atoms with E-state index in [0.717, 1.165) is 12.6 Å². The number of fused-ring (bicyclic) bond motifs is 5. The fourth-order valence-electron chi connectivity index (χ4n) is 3.52. The number of hydrogen-bond acceptors (Lipinski definition) is 4. The van der Waals surface area contributed by atoms with Crippen LogP contribution >= 0.6 is 31.9 Å². The van der Waals surface area contributed by atoms with Crippen LogP contribution in [-0.4, -0.2) is 30.6 Å². The first-order chi connectivity index (χ1) is 8.60. The van der Waals surface area contributed by atoms with Crippen LogP contribution < -0.4 is 0 Å². The molecule has 1 aliphatic carbocycles. The van der Waals surface area contributed by atoms with Crippen molar-refractivity contribution >= 4 is 50.2 Å². The lowest BCUT2D eigenvalue weighted by atomic mass is 9.83. The van der Waals surface area contributed by atoms with Gasteiger partial charge in [0.25, 0.3) is 0 Å². The molecule has 18 heavy (non-hydrogen) atoms. The van der Waals surface area contributed by atoms with Crippen LogP contribution in [0.15, 0.2) is 8.96 Å². The second kappa shape index (κ2) is 4.35. The van der Waals surface area contributed by atoms with Gasteiger partial charge in [0, 0.05) is 28.2 Å². The summed E-state index contributed by atoms with van der Waals surface area (Å²) < 4.78 is 6.86. The SMILES string of the molecule is O=C[C@@H]1C[C@H](C=O)[C@H]2[C@@H]1[C@H]1O[C@@H]2C(=O)C(Br)=C1Br. The molecule has 0 amide bonds. The third-order valence-electron chi connectivity index (χ3n) is 4.25. The van der Waals surface area contributed by atoms with Gasteiger partial charge in [0.1, 0.15) is 18.7 Å². The summed E-state index contributed by atoms with van der Waals surface area (Å²) in [7, 11) is 0. The standard InChI is InChI=1S/C12H10Br2O4/c13-8-9(14)11-6-4(2-15)1-5(3-16)7(6)12(18-11)10(8)17/h2-7,11-12H,1H2/t4-,5+,6+,7-,11+,12-/m0/s1. The first-order valence-corrected chi connectivity index (χ1v) is 7.34. The highest BCUT2D eigenvalue weighted by molar-refractivity contribution is 9.14. The Kier molecular flexibility index (Phi) is 3.07. The molecule has 2 heterocycles. The van der Waals surface area contributed by atoms with E-state index in [4.69, 9.17) is 4.74 Å². The van der Waals surface area contributed by atoms with Crippen LogP contribution in [0.2, 0.25) is 0 Å². The van der Waals surface area contributed by atoms with Gasteiger partial charge in [-0.05, 0) is 22.4 Å². The molecule has 6 heteroatoms. The molecule has 0 aromatic heterocycles. The quantitative estimate of drug-likeness (QED) is 0.686. The van der Waals surface area contributed by atoms with Gasteiger partial charge in [-0.3, -0.25) is 4.79 Å². The Bertz CT molecular complexity index is 473. The van der Waals surface area contributed by atoms with Crippen LogP contribution in [0, 0.1) is 23.7 Å². The van der Waals surface area contributed by atoms with Gasteiger partial charge in [0.05, 0.1) is 10.6 Å². The van der Waals surface area contributed by atoms with E-state index < -0.39 is 6.10 Å². The monoisotopic (exact) mass is 376 g/mol. The second-order valence-electron chi connectivity index (χ2n) is 4.99. The first kappa shape index (κ1) is 12.7. The van der Waals surface area contributed by atoms with Crippen LogP contribution in [0.25, 0.3) is 0 Å². The van der Waals surface area contributed by atoms with Crippen molar-refractivity contribution in [1.82, 2.24) is 0 Å². The average molecular weight is 378 g/mol. The third-order valence-corrected chi connectivity index (χ3v) is 6.45. The Hall–Kier alpha value is -0.330. The lowest BCUT2D eigenvalue weighted by Gasteiger charge is -2.24. The summed E-state index contributed by atoms with van der Waals surface area (Å²) in [5.74, 6) is -0.848. The molecule has 6 atom stereocenters. The highest BCUT2D eigenvalue weighted by Gasteiger charge is 2.61. The Morgan fingerprint density at radius 3 is 2.17 bits per heavy atom. The summed E-state index contributed by atoms with van der Waals surface area (Å²) in [4.78, 5) is 34.4. The van der Waals surface area contributed by atoms with Gasteiger partial charge in [0.15, 0.2) is 5.78 Å². The minimum Gasteiger partial charge on any atom is -0.361 e. The Balaban J connectivity index is 2.07. The molecule has 4 nitrogen and oxygen atoms in total. The van der Waals surface area contributed by atoms with E-state index in [1.54, 1.807) is 0 Å². The molecule has 0 spiro atoms. The first-order valence-electron chi connectivity index (χ1n) is 5.75. The highest BCUT2D eigenvalue weighted by Crippen LogP contribution is 2.56. The maximum atomic E-state index is 12.1. The van der Waals surface area contributed by atoms with Crippen molar-refractivity contribution in [2.45, 2.75) is 18.6 Å². The maximum absolute atomic E-state index is 12.1. The fraction of sp³-hybridized carbons (Fsp3) is 0.583. The molecule has 3 aliphatic rings. The van der Waals surface area contributed by atoms with Gasteiger partial charge in [-0.15, -0.1) is 0 Å². The maximum Gasteiger partial charge on any atom is 0.199 e. The van der Waals surface area contributed by atoms with Crippen LogP contribution in [0.1, 0.15) is 6.42 Å². The second-order valence-corrected chi connectivity index (χ2v) is 6.64. The molecular formula is C12H10Br2O4. The van der Waals surface area contributed by atoms with Crippen LogP contribution in [-0.2, 0) is 19.1 Å². The largest absolute Gasteiger partial charge is 0.361 e. The molecule has 1 saturated carbocycles. The van der Waals surface area contributed by atoms with Gasteiger partial charge >= 0.3 is 0 Å². The zero-order valence-corrected chi connectivity index (χ0v) is 12.4. The Labute approximate surface area is 120 Å². The van der Waals surface area contributed by atoms with E-state index in [2.05, 4.69) is 31.9 Å². The zero-order chi connectivity index (χ0) is 13.0. The van der Waals surface area contributed by atoms with Gasteiger partial charge in [-0.2, -0.15) is 0 Å². The van der Waals surface area contributed by atoms with E-state index in [1.165, 1.54) is 0 Å². The number of ketones is 1. The molecule has 0 radical (unpaired) electrons. The number of ether oxygens (including phenoxy) is 1. The number of hydrogen-bond donors (Lipinski definition) is 0. The molecule has 2 aliphatic heterocycles. The molecule has 1 saturated heterocycles. The van der Waals surface area contributed by atoms with E-state index >= 15 is 0 Å². The van der Waals surface area contributed by atoms with E-state index in [0.29, 0.717) is 15.4 Å². The Morgan fingerprint density at radius 1 is 1.06 bits per heavy atom.